The molecule has 0 bridgehead atoms. The summed E-state index contributed by atoms with van der Waals surface area (Å²) in [5.41, 5.74) is 6.28. The van der Waals surface area contributed by atoms with Gasteiger partial charge in [-0.3, -0.25) is 4.79 Å². The highest BCUT2D eigenvalue weighted by atomic mass is 35.5. The van der Waals surface area contributed by atoms with E-state index in [4.69, 9.17) is 40.5 Å². The number of amides is 1. The molecule has 19 heavy (non-hydrogen) atoms. The van der Waals surface area contributed by atoms with E-state index in [0.717, 1.165) is 0 Å². The van der Waals surface area contributed by atoms with Crippen molar-refractivity contribution in [2.45, 2.75) is 0 Å². The largest absolute Gasteiger partial charge is 0.399 e. The number of nitrogens with one attached hydrogen (secondary N) is 1. The molecular formula is C11H7Cl3N4O. The predicted molar refractivity (Wildman–Crippen MR) is 75.9 cm³/mol. The maximum Gasteiger partial charge on any atom is 0.258 e. The van der Waals surface area contributed by atoms with E-state index in [1.54, 1.807) is 6.07 Å². The predicted octanol–water partition coefficient (Wildman–Crippen LogP) is 3.27. The number of nitrogens with two attached hydrogens (primary N) is 1. The van der Waals surface area contributed by atoms with Crippen LogP contribution in [0, 0.1) is 0 Å². The second kappa shape index (κ2) is 5.61. The molecular weight excluding hydrogens is 311 g/mol. The van der Waals surface area contributed by atoms with Crippen LogP contribution in [0.2, 0.25) is 15.5 Å². The van der Waals surface area contributed by atoms with Crippen molar-refractivity contribution in [2.24, 2.45) is 0 Å². The minimum absolute atomic E-state index is 0.0637. The summed E-state index contributed by atoms with van der Waals surface area (Å²) < 4.78 is 0. The standard InChI is InChI=1S/C11H7Cl3N4O/c12-7-3-5(15)1-2-6(7)10(19)17-9-4-8(13)16-11(14)18-9/h1-4H,15H2,(H,16,17,18,19). The fourth-order valence-electron chi connectivity index (χ4n) is 1.35. The molecule has 0 unspecified atom stereocenters. The van der Waals surface area contributed by atoms with Crippen molar-refractivity contribution in [3.05, 3.63) is 45.3 Å². The molecule has 0 aliphatic rings. The van der Waals surface area contributed by atoms with Gasteiger partial charge in [-0.15, -0.1) is 0 Å². The molecule has 1 aromatic heterocycles. The molecule has 1 heterocycles. The number of aromatic nitrogens is 2. The number of nitrogen functional groups attached to an aromatic ring is 1. The fourth-order valence-corrected chi connectivity index (χ4v) is 2.04. The van der Waals surface area contributed by atoms with Gasteiger partial charge in [-0.25, -0.2) is 9.97 Å². The minimum atomic E-state index is -0.448. The van der Waals surface area contributed by atoms with Gasteiger partial charge in [0.1, 0.15) is 11.0 Å². The molecule has 2 rings (SSSR count). The number of carbonyl (C=O) groups excluding carboxylic acids is 1. The molecule has 5 nitrogen and oxygen atoms in total. The molecule has 98 valence electrons. The Morgan fingerprint density at radius 1 is 1.16 bits per heavy atom. The lowest BCUT2D eigenvalue weighted by atomic mass is 10.2. The summed E-state index contributed by atoms with van der Waals surface area (Å²) in [6.07, 6.45) is 0. The minimum Gasteiger partial charge on any atom is -0.399 e. The maximum atomic E-state index is 12.0. The molecule has 0 radical (unpaired) electrons. The van der Waals surface area contributed by atoms with Crippen molar-refractivity contribution < 1.29 is 4.79 Å². The zero-order valence-electron chi connectivity index (χ0n) is 9.32. The lowest BCUT2D eigenvalue weighted by molar-refractivity contribution is 0.102. The normalized spacial score (nSPS) is 10.3. The molecule has 0 aliphatic carbocycles. The zero-order chi connectivity index (χ0) is 14.0. The van der Waals surface area contributed by atoms with Crippen LogP contribution in [0.5, 0.6) is 0 Å². The molecule has 0 saturated heterocycles. The van der Waals surface area contributed by atoms with Crippen molar-refractivity contribution in [3.8, 4) is 0 Å². The third-order valence-corrected chi connectivity index (χ3v) is 2.82. The van der Waals surface area contributed by atoms with E-state index in [1.807, 2.05) is 0 Å². The van der Waals surface area contributed by atoms with Crippen LogP contribution in [-0.4, -0.2) is 15.9 Å². The number of anilines is 2. The third-order valence-electron chi connectivity index (χ3n) is 2.15. The highest BCUT2D eigenvalue weighted by molar-refractivity contribution is 6.35. The van der Waals surface area contributed by atoms with Crippen molar-refractivity contribution in [2.75, 3.05) is 11.1 Å². The zero-order valence-corrected chi connectivity index (χ0v) is 11.6. The summed E-state index contributed by atoms with van der Waals surface area (Å²) >= 11 is 17.3. The van der Waals surface area contributed by atoms with E-state index >= 15 is 0 Å². The number of rotatable bonds is 2. The molecule has 1 aromatic carbocycles. The molecule has 0 saturated carbocycles. The van der Waals surface area contributed by atoms with Crippen LogP contribution in [0.4, 0.5) is 11.5 Å². The number of benzene rings is 1. The first-order valence-electron chi connectivity index (χ1n) is 5.02. The molecule has 0 fully saturated rings. The average Bonchev–Trinajstić information content (AvgIpc) is 2.26. The van der Waals surface area contributed by atoms with Gasteiger partial charge in [-0.2, -0.15) is 0 Å². The monoisotopic (exact) mass is 316 g/mol. The second-order valence-corrected chi connectivity index (χ2v) is 4.67. The van der Waals surface area contributed by atoms with E-state index in [0.29, 0.717) is 5.69 Å². The Hall–Kier alpha value is -1.56. The molecule has 2 aromatic rings. The number of halogens is 3. The molecule has 0 spiro atoms. The van der Waals surface area contributed by atoms with Gasteiger partial charge in [-0.1, -0.05) is 23.2 Å². The van der Waals surface area contributed by atoms with E-state index in [9.17, 15) is 4.79 Å². The highest BCUT2D eigenvalue weighted by Gasteiger charge is 2.12. The van der Waals surface area contributed by atoms with Gasteiger partial charge < -0.3 is 11.1 Å². The van der Waals surface area contributed by atoms with Crippen LogP contribution in [-0.2, 0) is 0 Å². The Balaban J connectivity index is 2.25. The Morgan fingerprint density at radius 2 is 1.89 bits per heavy atom. The SMILES string of the molecule is Nc1ccc(C(=O)Nc2cc(Cl)nc(Cl)n2)c(Cl)c1. The maximum absolute atomic E-state index is 12.0. The van der Waals surface area contributed by atoms with Gasteiger partial charge in [0, 0.05) is 11.8 Å². The quantitative estimate of drug-likeness (QED) is 0.506. The highest BCUT2D eigenvalue weighted by Crippen LogP contribution is 2.21. The number of hydrogen-bond donors (Lipinski definition) is 2. The molecule has 3 N–H and O–H groups in total. The van der Waals surface area contributed by atoms with Gasteiger partial charge in [0.05, 0.1) is 10.6 Å². The van der Waals surface area contributed by atoms with Crippen molar-refractivity contribution in [1.29, 1.82) is 0 Å². The van der Waals surface area contributed by atoms with Crippen LogP contribution in [0.3, 0.4) is 0 Å². The van der Waals surface area contributed by atoms with Gasteiger partial charge in [0.2, 0.25) is 5.28 Å². The summed E-state index contributed by atoms with van der Waals surface area (Å²) in [5, 5.41) is 2.82. The van der Waals surface area contributed by atoms with Crippen LogP contribution in [0.1, 0.15) is 10.4 Å². The topological polar surface area (TPSA) is 80.9 Å². The van der Waals surface area contributed by atoms with E-state index < -0.39 is 5.91 Å². The van der Waals surface area contributed by atoms with Crippen molar-refractivity contribution in [3.63, 3.8) is 0 Å². The molecule has 1 amide bonds. The van der Waals surface area contributed by atoms with Gasteiger partial charge in [0.25, 0.3) is 5.91 Å². The Bertz CT molecular complexity index is 628. The van der Waals surface area contributed by atoms with E-state index in [1.165, 1.54) is 18.2 Å². The Kier molecular flexibility index (Phi) is 4.09. The first-order chi connectivity index (χ1) is 8.95. The van der Waals surface area contributed by atoms with E-state index in [-0.39, 0.29) is 26.8 Å². The van der Waals surface area contributed by atoms with Gasteiger partial charge in [-0.05, 0) is 29.8 Å². The third kappa shape index (κ3) is 3.47. The smallest absolute Gasteiger partial charge is 0.258 e. The van der Waals surface area contributed by atoms with Crippen molar-refractivity contribution in [1.82, 2.24) is 9.97 Å². The van der Waals surface area contributed by atoms with Gasteiger partial charge >= 0.3 is 0 Å². The Morgan fingerprint density at radius 3 is 2.53 bits per heavy atom. The lowest BCUT2D eigenvalue weighted by Crippen LogP contribution is -2.14. The van der Waals surface area contributed by atoms with Crippen LogP contribution in [0.15, 0.2) is 24.3 Å². The molecule has 0 aliphatic heterocycles. The first-order valence-corrected chi connectivity index (χ1v) is 6.15. The summed E-state index contributed by atoms with van der Waals surface area (Å²) in [6, 6.07) is 5.94. The summed E-state index contributed by atoms with van der Waals surface area (Å²) in [6.45, 7) is 0. The lowest BCUT2D eigenvalue weighted by Gasteiger charge is -2.07. The summed E-state index contributed by atoms with van der Waals surface area (Å²) in [7, 11) is 0. The average molecular weight is 318 g/mol. The number of hydrogen-bond acceptors (Lipinski definition) is 4. The van der Waals surface area contributed by atoms with Crippen LogP contribution in [0.25, 0.3) is 0 Å². The molecule has 8 heteroatoms. The van der Waals surface area contributed by atoms with Crippen LogP contribution < -0.4 is 11.1 Å². The fraction of sp³-hybridized carbons (Fsp3) is 0. The van der Waals surface area contributed by atoms with Crippen LogP contribution >= 0.6 is 34.8 Å². The summed E-state index contributed by atoms with van der Waals surface area (Å²) in [5.74, 6) is -0.265. The van der Waals surface area contributed by atoms with Crippen molar-refractivity contribution >= 4 is 52.2 Å². The van der Waals surface area contributed by atoms with E-state index in [2.05, 4.69) is 15.3 Å². The van der Waals surface area contributed by atoms with Gasteiger partial charge in [0.15, 0.2) is 0 Å². The Labute approximate surface area is 123 Å². The number of nitrogens with zero attached hydrogens (tertiary/aromatic N) is 2. The number of carbonyl (C=O) groups is 1. The molecule has 0 atom stereocenters. The first kappa shape index (κ1) is 13.9. The second-order valence-electron chi connectivity index (χ2n) is 3.54. The summed E-state index contributed by atoms with van der Waals surface area (Å²) in [4.78, 5) is 19.5.